The maximum absolute atomic E-state index is 5.89. The number of nitrogens with zero attached hydrogens (tertiary/aromatic N) is 4. The van der Waals surface area contributed by atoms with E-state index in [2.05, 4.69) is 56.8 Å². The van der Waals surface area contributed by atoms with Crippen molar-refractivity contribution < 1.29 is 4.74 Å². The number of rotatable bonds is 6. The van der Waals surface area contributed by atoms with E-state index in [9.17, 15) is 0 Å². The van der Waals surface area contributed by atoms with Crippen LogP contribution in [0, 0.1) is 13.8 Å². The van der Waals surface area contributed by atoms with Crippen LogP contribution < -0.4 is 15.0 Å². The number of pyridine rings is 2. The van der Waals surface area contributed by atoms with Crippen LogP contribution in [0.4, 0.5) is 5.69 Å². The number of hydrogen-bond acceptors (Lipinski definition) is 4. The summed E-state index contributed by atoms with van der Waals surface area (Å²) in [5.74, 6) is 1.74. The number of ether oxygens (including phenoxy) is 1. The maximum Gasteiger partial charge on any atom is 0.174 e. The Morgan fingerprint density at radius 3 is 2.29 bits per heavy atom. The molecule has 6 nitrogen and oxygen atoms in total. The lowest BCUT2D eigenvalue weighted by Gasteiger charge is -2.28. The van der Waals surface area contributed by atoms with Gasteiger partial charge in [0.25, 0.3) is 0 Å². The van der Waals surface area contributed by atoms with Crippen LogP contribution >= 0.6 is 12.2 Å². The summed E-state index contributed by atoms with van der Waals surface area (Å²) in [6.07, 6.45) is 3.77. The molecule has 4 heterocycles. The summed E-state index contributed by atoms with van der Waals surface area (Å²) >= 11 is 5.89. The van der Waals surface area contributed by atoms with Gasteiger partial charge >= 0.3 is 0 Å². The Morgan fingerprint density at radius 2 is 1.66 bits per heavy atom. The average Bonchev–Trinajstić information content (AvgIpc) is 3.35. The number of benzene rings is 1. The van der Waals surface area contributed by atoms with Crippen molar-refractivity contribution in [2.75, 3.05) is 4.90 Å². The van der Waals surface area contributed by atoms with E-state index in [0.717, 1.165) is 34.3 Å². The summed E-state index contributed by atoms with van der Waals surface area (Å²) in [6.45, 7) is 8.31. The van der Waals surface area contributed by atoms with Crippen LogP contribution in [-0.2, 0) is 0 Å². The first kappa shape index (κ1) is 23.1. The molecular formula is C28H29N5OS. The number of anilines is 1. The van der Waals surface area contributed by atoms with Gasteiger partial charge in [0.15, 0.2) is 5.11 Å². The molecule has 0 bridgehead atoms. The molecule has 0 unspecified atom stereocenters. The van der Waals surface area contributed by atoms with Crippen LogP contribution in [-0.4, -0.2) is 25.8 Å². The van der Waals surface area contributed by atoms with Gasteiger partial charge in [0.2, 0.25) is 0 Å². The normalized spacial score (nSPS) is 17.6. The monoisotopic (exact) mass is 483 g/mol. The third kappa shape index (κ3) is 4.39. The molecule has 7 heteroatoms. The van der Waals surface area contributed by atoms with Gasteiger partial charge in [-0.05, 0) is 100 Å². The van der Waals surface area contributed by atoms with E-state index in [1.807, 2.05) is 74.8 Å². The highest BCUT2D eigenvalue weighted by molar-refractivity contribution is 7.80. The molecule has 1 aromatic carbocycles. The third-order valence-electron chi connectivity index (χ3n) is 6.25. The first-order valence-corrected chi connectivity index (χ1v) is 12.2. The molecule has 1 N–H and O–H groups in total. The Labute approximate surface area is 211 Å². The van der Waals surface area contributed by atoms with Gasteiger partial charge in [0, 0.05) is 29.5 Å². The molecule has 1 aliphatic heterocycles. The Morgan fingerprint density at radius 1 is 0.943 bits per heavy atom. The summed E-state index contributed by atoms with van der Waals surface area (Å²) in [4.78, 5) is 11.5. The predicted octanol–water partition coefficient (Wildman–Crippen LogP) is 5.85. The first-order valence-electron chi connectivity index (χ1n) is 11.8. The van der Waals surface area contributed by atoms with Gasteiger partial charge in [-0.2, -0.15) is 0 Å². The Hall–Kier alpha value is -3.71. The van der Waals surface area contributed by atoms with Crippen molar-refractivity contribution in [3.8, 4) is 11.6 Å². The van der Waals surface area contributed by atoms with Gasteiger partial charge in [-0.15, -0.1) is 0 Å². The molecule has 5 rings (SSSR count). The van der Waals surface area contributed by atoms with E-state index >= 15 is 0 Å². The molecule has 178 valence electrons. The van der Waals surface area contributed by atoms with Crippen LogP contribution in [0.2, 0.25) is 0 Å². The molecule has 1 saturated heterocycles. The molecule has 35 heavy (non-hydrogen) atoms. The minimum atomic E-state index is -0.104. The number of aromatic nitrogens is 3. The van der Waals surface area contributed by atoms with E-state index < -0.39 is 0 Å². The highest BCUT2D eigenvalue weighted by atomic mass is 32.1. The zero-order valence-corrected chi connectivity index (χ0v) is 21.2. The van der Waals surface area contributed by atoms with Crippen molar-refractivity contribution in [2.45, 2.75) is 45.9 Å². The molecule has 2 atom stereocenters. The van der Waals surface area contributed by atoms with Crippen LogP contribution in [0.25, 0.3) is 5.82 Å². The van der Waals surface area contributed by atoms with Crippen LogP contribution in [0.3, 0.4) is 0 Å². The maximum atomic E-state index is 5.89. The smallest absolute Gasteiger partial charge is 0.174 e. The lowest BCUT2D eigenvalue weighted by Crippen LogP contribution is -2.29. The number of hydrogen-bond donors (Lipinski definition) is 1. The SMILES string of the molecule is Cc1cc([C@@H]2[C@H](c3ccccn3)NC(=S)N2c2ccc(OC(C)C)cc2)c(C)n1-c1ccccn1. The van der Waals surface area contributed by atoms with Crippen molar-refractivity contribution in [2.24, 2.45) is 0 Å². The second kappa shape index (κ2) is 9.50. The minimum Gasteiger partial charge on any atom is -0.491 e. The lowest BCUT2D eigenvalue weighted by atomic mass is 9.96. The molecule has 1 aliphatic rings. The molecule has 3 aromatic heterocycles. The molecule has 4 aromatic rings. The summed E-state index contributed by atoms with van der Waals surface area (Å²) in [5.41, 5.74) is 5.38. The van der Waals surface area contributed by atoms with Crippen LogP contribution in [0.15, 0.2) is 79.1 Å². The van der Waals surface area contributed by atoms with E-state index in [1.165, 1.54) is 5.56 Å². The highest BCUT2D eigenvalue weighted by Gasteiger charge is 2.42. The predicted molar refractivity (Wildman–Crippen MR) is 143 cm³/mol. The van der Waals surface area contributed by atoms with Crippen molar-refractivity contribution in [3.05, 3.63) is 102 Å². The summed E-state index contributed by atoms with van der Waals surface area (Å²) in [6, 6.07) is 22.2. The Balaban J connectivity index is 1.62. The fraction of sp³-hybridized carbons (Fsp3) is 0.250. The lowest BCUT2D eigenvalue weighted by molar-refractivity contribution is 0.242. The van der Waals surface area contributed by atoms with E-state index in [1.54, 1.807) is 0 Å². The molecule has 0 saturated carbocycles. The third-order valence-corrected chi connectivity index (χ3v) is 6.57. The Kier molecular flexibility index (Phi) is 6.26. The van der Waals surface area contributed by atoms with E-state index in [-0.39, 0.29) is 18.2 Å². The fourth-order valence-electron chi connectivity index (χ4n) is 4.83. The van der Waals surface area contributed by atoms with Crippen LogP contribution in [0.1, 0.15) is 48.6 Å². The van der Waals surface area contributed by atoms with Gasteiger partial charge in [0.05, 0.1) is 23.9 Å². The molecule has 0 aliphatic carbocycles. The topological polar surface area (TPSA) is 55.2 Å². The number of nitrogens with one attached hydrogen (secondary N) is 1. The fourth-order valence-corrected chi connectivity index (χ4v) is 5.18. The number of aryl methyl sites for hydroxylation is 1. The van der Waals surface area contributed by atoms with Crippen molar-refractivity contribution in [3.63, 3.8) is 0 Å². The highest BCUT2D eigenvalue weighted by Crippen LogP contribution is 2.43. The standard InChI is InChI=1S/C28H29N5OS/c1-18(2)34-22-13-11-21(12-14-22)33-27(26(31-28(33)35)24-9-5-7-15-29-24)23-17-19(3)32(20(23)4)25-10-6-8-16-30-25/h5-18,26-27H,1-4H3,(H,31,35)/t26-,27+/m0/s1. The minimum absolute atomic E-state index is 0.0853. The van der Waals surface area contributed by atoms with Gasteiger partial charge < -0.3 is 19.5 Å². The first-order chi connectivity index (χ1) is 16.9. The Bertz CT molecular complexity index is 1320. The molecule has 1 fully saturated rings. The molecule has 0 radical (unpaired) electrons. The van der Waals surface area contributed by atoms with Crippen molar-refractivity contribution in [1.82, 2.24) is 19.9 Å². The molecular weight excluding hydrogens is 454 g/mol. The van der Waals surface area contributed by atoms with Crippen LogP contribution in [0.5, 0.6) is 5.75 Å². The van der Waals surface area contributed by atoms with E-state index in [4.69, 9.17) is 17.0 Å². The summed E-state index contributed by atoms with van der Waals surface area (Å²) < 4.78 is 8.06. The summed E-state index contributed by atoms with van der Waals surface area (Å²) in [7, 11) is 0. The van der Waals surface area contributed by atoms with Crippen molar-refractivity contribution >= 4 is 23.0 Å². The zero-order valence-electron chi connectivity index (χ0n) is 20.3. The summed E-state index contributed by atoms with van der Waals surface area (Å²) in [5, 5.41) is 4.22. The second-order valence-corrected chi connectivity index (χ2v) is 9.39. The van der Waals surface area contributed by atoms with Crippen molar-refractivity contribution in [1.29, 1.82) is 0 Å². The quantitative estimate of drug-likeness (QED) is 0.347. The molecule has 0 spiro atoms. The molecule has 0 amide bonds. The van der Waals surface area contributed by atoms with Gasteiger partial charge in [-0.3, -0.25) is 4.98 Å². The van der Waals surface area contributed by atoms with Gasteiger partial charge in [-0.1, -0.05) is 12.1 Å². The van der Waals surface area contributed by atoms with Gasteiger partial charge in [-0.25, -0.2) is 4.98 Å². The van der Waals surface area contributed by atoms with E-state index in [0.29, 0.717) is 5.11 Å². The number of thiocarbonyl (C=S) groups is 1. The largest absolute Gasteiger partial charge is 0.491 e. The van der Waals surface area contributed by atoms with Gasteiger partial charge in [0.1, 0.15) is 11.6 Å². The zero-order chi connectivity index (χ0) is 24.5. The average molecular weight is 484 g/mol. The second-order valence-electron chi connectivity index (χ2n) is 9.01.